The second-order valence-electron chi connectivity index (χ2n) is 4.94. The quantitative estimate of drug-likeness (QED) is 0.512. The molecule has 0 aromatic carbocycles. The van der Waals surface area contributed by atoms with Gasteiger partial charge in [0.1, 0.15) is 0 Å². The number of allylic oxidation sites excluding steroid dienone is 3. The Hall–Kier alpha value is -1.81. The van der Waals surface area contributed by atoms with Crippen molar-refractivity contribution in [2.45, 2.75) is 25.3 Å². The highest BCUT2D eigenvalue weighted by Gasteiger charge is 2.23. The Balaban J connectivity index is 1.85. The molecule has 1 heterocycles. The molecule has 1 amide bonds. The third-order valence-electron chi connectivity index (χ3n) is 3.21. The highest BCUT2D eigenvalue weighted by atomic mass is 16.1. The average Bonchev–Trinajstić information content (AvgIpc) is 3.23. The van der Waals surface area contributed by atoms with Gasteiger partial charge in [-0.1, -0.05) is 18.7 Å². The van der Waals surface area contributed by atoms with Gasteiger partial charge in [-0.3, -0.25) is 4.79 Å². The summed E-state index contributed by atoms with van der Waals surface area (Å²) in [5, 5.41) is 6.13. The van der Waals surface area contributed by atoms with E-state index < -0.39 is 0 Å². The third kappa shape index (κ3) is 4.41. The summed E-state index contributed by atoms with van der Waals surface area (Å²) in [4.78, 5) is 11.6. The molecular formula is C15H21N3O. The maximum Gasteiger partial charge on any atom is 0.250 e. The number of amides is 1. The predicted molar refractivity (Wildman–Crippen MR) is 77.3 cm³/mol. The van der Waals surface area contributed by atoms with Crippen molar-refractivity contribution in [3.8, 4) is 0 Å². The molecule has 0 aromatic heterocycles. The molecule has 1 fully saturated rings. The van der Waals surface area contributed by atoms with Crippen molar-refractivity contribution in [2.75, 3.05) is 13.1 Å². The summed E-state index contributed by atoms with van der Waals surface area (Å²) >= 11 is 0. The molecular weight excluding hydrogens is 238 g/mol. The maximum absolute atomic E-state index is 11.6. The van der Waals surface area contributed by atoms with Gasteiger partial charge in [-0.25, -0.2) is 0 Å². The molecule has 4 N–H and O–H groups in total. The van der Waals surface area contributed by atoms with Crippen LogP contribution in [0.1, 0.15) is 19.3 Å². The van der Waals surface area contributed by atoms with E-state index >= 15 is 0 Å². The molecule has 0 saturated heterocycles. The van der Waals surface area contributed by atoms with Crippen molar-refractivity contribution < 1.29 is 4.79 Å². The van der Waals surface area contributed by atoms with Crippen molar-refractivity contribution in [2.24, 2.45) is 5.73 Å². The Kier molecular flexibility index (Phi) is 4.58. The summed E-state index contributed by atoms with van der Waals surface area (Å²) in [6.45, 7) is 5.58. The molecule has 2 aliphatic rings. The molecule has 1 aliphatic heterocycles. The minimum absolute atomic E-state index is 0.0909. The van der Waals surface area contributed by atoms with E-state index in [0.29, 0.717) is 11.6 Å². The highest BCUT2D eigenvalue weighted by molar-refractivity contribution is 5.95. The predicted octanol–water partition coefficient (Wildman–Crippen LogP) is 1.14. The number of nitrogens with two attached hydrogens (primary N) is 1. The summed E-state index contributed by atoms with van der Waals surface area (Å²) in [6, 6.07) is 0.359. The van der Waals surface area contributed by atoms with E-state index in [1.54, 1.807) is 12.2 Å². The van der Waals surface area contributed by atoms with E-state index in [9.17, 15) is 4.79 Å². The minimum atomic E-state index is -0.0909. The Morgan fingerprint density at radius 3 is 2.95 bits per heavy atom. The van der Waals surface area contributed by atoms with E-state index in [1.165, 1.54) is 0 Å². The summed E-state index contributed by atoms with van der Waals surface area (Å²) < 4.78 is 0. The van der Waals surface area contributed by atoms with E-state index in [0.717, 1.165) is 43.6 Å². The first kappa shape index (κ1) is 13.6. The summed E-state index contributed by atoms with van der Waals surface area (Å²) in [5.41, 5.74) is 8.37. The number of hydrogen-bond acceptors (Lipinski definition) is 3. The zero-order valence-electron chi connectivity index (χ0n) is 11.1. The van der Waals surface area contributed by atoms with Crippen LogP contribution in [0.5, 0.6) is 0 Å². The van der Waals surface area contributed by atoms with Gasteiger partial charge in [-0.05, 0) is 43.5 Å². The fourth-order valence-corrected chi connectivity index (χ4v) is 1.84. The smallest absolute Gasteiger partial charge is 0.250 e. The van der Waals surface area contributed by atoms with Crippen molar-refractivity contribution in [3.63, 3.8) is 0 Å². The van der Waals surface area contributed by atoms with Gasteiger partial charge in [0.25, 0.3) is 5.91 Å². The molecule has 0 atom stereocenters. The van der Waals surface area contributed by atoms with Crippen molar-refractivity contribution in [1.82, 2.24) is 10.6 Å². The zero-order valence-corrected chi connectivity index (χ0v) is 11.1. The Morgan fingerprint density at radius 1 is 1.53 bits per heavy atom. The lowest BCUT2D eigenvalue weighted by atomic mass is 10.1. The number of nitrogens with one attached hydrogen (secondary N) is 2. The van der Waals surface area contributed by atoms with Crippen LogP contribution >= 0.6 is 0 Å². The van der Waals surface area contributed by atoms with Crippen LogP contribution in [0.4, 0.5) is 0 Å². The molecule has 0 unspecified atom stereocenters. The number of rotatable bonds is 5. The topological polar surface area (TPSA) is 67.1 Å². The molecule has 1 saturated carbocycles. The first-order valence-electron chi connectivity index (χ1n) is 6.70. The fourth-order valence-electron chi connectivity index (χ4n) is 1.84. The van der Waals surface area contributed by atoms with Gasteiger partial charge in [0.15, 0.2) is 0 Å². The number of hydrogen-bond donors (Lipinski definition) is 3. The van der Waals surface area contributed by atoms with Crippen molar-refractivity contribution in [1.29, 1.82) is 0 Å². The summed E-state index contributed by atoms with van der Waals surface area (Å²) in [5.74, 6) is -0.0909. The molecule has 19 heavy (non-hydrogen) atoms. The van der Waals surface area contributed by atoms with Crippen LogP contribution in [0.15, 0.2) is 47.7 Å². The molecule has 0 aromatic rings. The van der Waals surface area contributed by atoms with Gasteiger partial charge >= 0.3 is 0 Å². The molecule has 1 aliphatic carbocycles. The van der Waals surface area contributed by atoms with Crippen molar-refractivity contribution in [3.05, 3.63) is 47.7 Å². The van der Waals surface area contributed by atoms with E-state index in [2.05, 4.69) is 23.3 Å². The van der Waals surface area contributed by atoms with Crippen LogP contribution in [0.3, 0.4) is 0 Å². The summed E-state index contributed by atoms with van der Waals surface area (Å²) in [7, 11) is 0. The largest absolute Gasteiger partial charge is 0.399 e. The molecule has 0 radical (unpaired) electrons. The van der Waals surface area contributed by atoms with Crippen LogP contribution in [0, 0.1) is 0 Å². The van der Waals surface area contributed by atoms with Gasteiger partial charge in [-0.15, -0.1) is 0 Å². The molecule has 2 rings (SSSR count). The van der Waals surface area contributed by atoms with E-state index in [-0.39, 0.29) is 5.91 Å². The monoisotopic (exact) mass is 259 g/mol. The van der Waals surface area contributed by atoms with Crippen LogP contribution in [0.2, 0.25) is 0 Å². The summed E-state index contributed by atoms with van der Waals surface area (Å²) in [6.07, 6.45) is 10.5. The molecule has 0 bridgehead atoms. The minimum Gasteiger partial charge on any atom is -0.399 e. The Morgan fingerprint density at radius 2 is 2.32 bits per heavy atom. The lowest BCUT2D eigenvalue weighted by molar-refractivity contribution is -0.117. The lowest BCUT2D eigenvalue weighted by Crippen LogP contribution is -2.25. The van der Waals surface area contributed by atoms with Gasteiger partial charge in [0.2, 0.25) is 0 Å². The Bertz CT molecular complexity index is 456. The van der Waals surface area contributed by atoms with E-state index in [1.807, 2.05) is 6.08 Å². The van der Waals surface area contributed by atoms with E-state index in [4.69, 9.17) is 5.73 Å². The fraction of sp³-hybridized carbons (Fsp3) is 0.400. The Labute approximate surface area is 114 Å². The zero-order chi connectivity index (χ0) is 13.7. The second-order valence-corrected chi connectivity index (χ2v) is 4.94. The molecule has 4 nitrogen and oxygen atoms in total. The second kappa shape index (κ2) is 6.38. The molecule has 4 heteroatoms. The first-order chi connectivity index (χ1) is 9.16. The maximum atomic E-state index is 11.6. The number of carbonyl (C=O) groups is 1. The third-order valence-corrected chi connectivity index (χ3v) is 3.21. The van der Waals surface area contributed by atoms with Gasteiger partial charge in [-0.2, -0.15) is 0 Å². The molecule has 102 valence electrons. The number of carbonyl (C=O) groups excluding carboxylic acids is 1. The first-order valence-corrected chi connectivity index (χ1v) is 6.70. The SMILES string of the molecule is C=C(/C=C\C=C(/N)C1=CCNCC1)C(=O)NC1CC1. The average molecular weight is 259 g/mol. The van der Waals surface area contributed by atoms with Crippen LogP contribution in [0.25, 0.3) is 0 Å². The normalized spacial score (nSPS) is 20.2. The standard InChI is InChI=1S/C15H21N3O/c1-11(15(19)18-13-5-6-13)3-2-4-14(16)12-7-9-17-10-8-12/h2-4,7,13,17H,1,5-6,8-10,16H2,(H,18,19)/b3-2-,14-4-. The van der Waals surface area contributed by atoms with Gasteiger partial charge in [0, 0.05) is 23.9 Å². The highest BCUT2D eigenvalue weighted by Crippen LogP contribution is 2.19. The lowest BCUT2D eigenvalue weighted by Gasteiger charge is -2.13. The van der Waals surface area contributed by atoms with Gasteiger partial charge in [0.05, 0.1) is 0 Å². The van der Waals surface area contributed by atoms with Crippen molar-refractivity contribution >= 4 is 5.91 Å². The van der Waals surface area contributed by atoms with Crippen LogP contribution < -0.4 is 16.4 Å². The molecule has 0 spiro atoms. The van der Waals surface area contributed by atoms with Gasteiger partial charge < -0.3 is 16.4 Å². The van der Waals surface area contributed by atoms with Crippen LogP contribution in [-0.4, -0.2) is 25.0 Å². The van der Waals surface area contributed by atoms with Crippen LogP contribution in [-0.2, 0) is 4.79 Å².